The van der Waals surface area contributed by atoms with E-state index in [1.807, 2.05) is 4.90 Å². The van der Waals surface area contributed by atoms with Gasteiger partial charge in [0.25, 0.3) is 5.91 Å². The van der Waals surface area contributed by atoms with Gasteiger partial charge in [0.05, 0.1) is 19.2 Å². The number of nitrogens with zero attached hydrogens (tertiary/aromatic N) is 1. The molecule has 1 aromatic carbocycles. The molecule has 0 bridgehead atoms. The number of carbonyl (C=O) groups excluding carboxylic acids is 1. The number of likely N-dealkylation sites (tertiary alicyclic amines) is 1. The third-order valence-electron chi connectivity index (χ3n) is 4.26. The van der Waals surface area contributed by atoms with E-state index in [4.69, 9.17) is 9.47 Å². The molecule has 2 aliphatic heterocycles. The predicted octanol–water partition coefficient (Wildman–Crippen LogP) is 2.40. The molecule has 5 heteroatoms. The Bertz CT molecular complexity index is 545. The van der Waals surface area contributed by atoms with Crippen molar-refractivity contribution in [2.24, 2.45) is 0 Å². The van der Waals surface area contributed by atoms with E-state index in [2.05, 4.69) is 6.58 Å². The first kappa shape index (κ1) is 15.2. The van der Waals surface area contributed by atoms with Crippen molar-refractivity contribution >= 4 is 5.91 Å². The molecule has 2 heterocycles. The second kappa shape index (κ2) is 6.58. The Morgan fingerprint density at radius 3 is 2.95 bits per heavy atom. The number of ether oxygens (including phenoxy) is 2. The van der Waals surface area contributed by atoms with Crippen LogP contribution in [0.15, 0.2) is 36.9 Å². The predicted molar refractivity (Wildman–Crippen MR) is 80.1 cm³/mol. The Kier molecular flexibility index (Phi) is 4.55. The molecule has 4 nitrogen and oxygen atoms in total. The number of rotatable bonds is 4. The van der Waals surface area contributed by atoms with E-state index in [0.29, 0.717) is 25.3 Å². The quantitative estimate of drug-likeness (QED) is 0.802. The van der Waals surface area contributed by atoms with Gasteiger partial charge in [-0.15, -0.1) is 6.58 Å². The lowest BCUT2D eigenvalue weighted by Gasteiger charge is -2.32. The molecule has 1 aromatic rings. The largest absolute Gasteiger partial charge is 0.373 e. The third-order valence-corrected chi connectivity index (χ3v) is 4.26. The van der Waals surface area contributed by atoms with Crippen LogP contribution in [0, 0.1) is 5.82 Å². The zero-order valence-electron chi connectivity index (χ0n) is 12.4. The van der Waals surface area contributed by atoms with Crippen LogP contribution in [0.1, 0.15) is 23.2 Å². The molecule has 2 aliphatic rings. The van der Waals surface area contributed by atoms with Gasteiger partial charge in [-0.3, -0.25) is 4.79 Å². The summed E-state index contributed by atoms with van der Waals surface area (Å²) < 4.78 is 24.6. The summed E-state index contributed by atoms with van der Waals surface area (Å²) in [5, 5.41) is 0. The highest BCUT2D eigenvalue weighted by atomic mass is 19.1. The van der Waals surface area contributed by atoms with E-state index in [1.165, 1.54) is 24.3 Å². The van der Waals surface area contributed by atoms with Crippen molar-refractivity contribution in [1.82, 2.24) is 4.90 Å². The molecule has 22 heavy (non-hydrogen) atoms. The first-order valence-corrected chi connectivity index (χ1v) is 7.61. The Labute approximate surface area is 129 Å². The first-order valence-electron chi connectivity index (χ1n) is 7.61. The zero-order valence-corrected chi connectivity index (χ0v) is 12.4. The number of fused-ring (bicyclic) bond motifs is 1. The van der Waals surface area contributed by atoms with Crippen LogP contribution in [0.3, 0.4) is 0 Å². The normalized spacial score (nSPS) is 27.5. The molecule has 2 saturated heterocycles. The lowest BCUT2D eigenvalue weighted by Crippen LogP contribution is -2.43. The van der Waals surface area contributed by atoms with Crippen LogP contribution in [0.5, 0.6) is 0 Å². The Morgan fingerprint density at radius 1 is 1.45 bits per heavy atom. The minimum Gasteiger partial charge on any atom is -0.373 e. The number of carbonyl (C=O) groups is 1. The van der Waals surface area contributed by atoms with Crippen molar-refractivity contribution < 1.29 is 18.7 Å². The van der Waals surface area contributed by atoms with Crippen LogP contribution in [0.25, 0.3) is 0 Å². The van der Waals surface area contributed by atoms with Gasteiger partial charge in [0.1, 0.15) is 18.0 Å². The second-order valence-electron chi connectivity index (χ2n) is 5.67. The summed E-state index contributed by atoms with van der Waals surface area (Å²) in [5.74, 6) is -0.436. The number of hydrogen-bond acceptors (Lipinski definition) is 3. The topological polar surface area (TPSA) is 38.8 Å². The van der Waals surface area contributed by atoms with Crippen LogP contribution in [0.4, 0.5) is 4.39 Å². The number of benzene rings is 1. The zero-order chi connectivity index (χ0) is 15.5. The summed E-state index contributed by atoms with van der Waals surface area (Å²) in [6, 6.07) is 5.69. The molecule has 2 fully saturated rings. The van der Waals surface area contributed by atoms with E-state index in [0.717, 1.165) is 12.8 Å². The Morgan fingerprint density at radius 2 is 2.23 bits per heavy atom. The number of amides is 1. The highest BCUT2D eigenvalue weighted by Gasteiger charge is 2.46. The van der Waals surface area contributed by atoms with Gasteiger partial charge in [-0.25, -0.2) is 4.39 Å². The fourth-order valence-corrected chi connectivity index (χ4v) is 3.24. The van der Waals surface area contributed by atoms with Gasteiger partial charge in [0.2, 0.25) is 0 Å². The summed E-state index contributed by atoms with van der Waals surface area (Å²) >= 11 is 0. The number of hydrogen-bond donors (Lipinski definition) is 0. The van der Waals surface area contributed by atoms with E-state index in [9.17, 15) is 9.18 Å². The number of halogens is 1. The van der Waals surface area contributed by atoms with Crippen LogP contribution in [-0.4, -0.2) is 48.8 Å². The van der Waals surface area contributed by atoms with E-state index < -0.39 is 0 Å². The van der Waals surface area contributed by atoms with Crippen molar-refractivity contribution in [3.8, 4) is 0 Å². The summed E-state index contributed by atoms with van der Waals surface area (Å²) in [4.78, 5) is 14.5. The van der Waals surface area contributed by atoms with Gasteiger partial charge in [-0.05, 0) is 37.1 Å². The van der Waals surface area contributed by atoms with E-state index in [-0.39, 0.29) is 30.0 Å². The summed E-state index contributed by atoms with van der Waals surface area (Å²) in [6.07, 6.45) is 3.32. The Hall–Kier alpha value is -1.72. The molecule has 0 aliphatic carbocycles. The van der Waals surface area contributed by atoms with Gasteiger partial charge < -0.3 is 14.4 Å². The summed E-state index contributed by atoms with van der Waals surface area (Å²) in [6.45, 7) is 5.30. The molecular weight excluding hydrogens is 285 g/mol. The SMILES string of the molecule is C=CCO[C@@H]1CN(C(=O)c2ccc(F)cc2)[C@@H]2CCCO[C@@H]21. The molecule has 0 N–H and O–H groups in total. The van der Waals surface area contributed by atoms with Gasteiger partial charge in [-0.1, -0.05) is 6.08 Å². The van der Waals surface area contributed by atoms with Crippen molar-refractivity contribution in [3.63, 3.8) is 0 Å². The van der Waals surface area contributed by atoms with Crippen molar-refractivity contribution in [3.05, 3.63) is 48.3 Å². The lowest BCUT2D eigenvalue weighted by molar-refractivity contribution is -0.0708. The monoisotopic (exact) mass is 305 g/mol. The average Bonchev–Trinajstić information content (AvgIpc) is 2.92. The highest BCUT2D eigenvalue weighted by molar-refractivity contribution is 5.94. The molecule has 0 aromatic heterocycles. The van der Waals surface area contributed by atoms with Crippen LogP contribution in [-0.2, 0) is 9.47 Å². The van der Waals surface area contributed by atoms with Gasteiger partial charge >= 0.3 is 0 Å². The smallest absolute Gasteiger partial charge is 0.254 e. The standard InChI is InChI=1S/C17H20FNO3/c1-2-9-21-15-11-19(14-4-3-10-22-16(14)15)17(20)12-5-7-13(18)8-6-12/h2,5-8,14-16H,1,3-4,9-11H2/t14-,15-,16+/m1/s1. The fourth-order valence-electron chi connectivity index (χ4n) is 3.24. The highest BCUT2D eigenvalue weighted by Crippen LogP contribution is 2.31. The molecular formula is C17H20FNO3. The molecule has 3 atom stereocenters. The molecule has 0 radical (unpaired) electrons. The maximum Gasteiger partial charge on any atom is 0.254 e. The van der Waals surface area contributed by atoms with Gasteiger partial charge in [-0.2, -0.15) is 0 Å². The molecule has 1 amide bonds. The third kappa shape index (κ3) is 2.91. The first-order chi connectivity index (χ1) is 10.7. The van der Waals surface area contributed by atoms with Crippen LogP contribution >= 0.6 is 0 Å². The fraction of sp³-hybridized carbons (Fsp3) is 0.471. The molecule has 3 rings (SSSR count). The summed E-state index contributed by atoms with van der Waals surface area (Å²) in [7, 11) is 0. The minimum absolute atomic E-state index is 0.0288. The summed E-state index contributed by atoms with van der Waals surface area (Å²) in [5.41, 5.74) is 0.495. The van der Waals surface area contributed by atoms with Crippen LogP contribution in [0.2, 0.25) is 0 Å². The molecule has 0 spiro atoms. The Balaban J connectivity index is 1.78. The van der Waals surface area contributed by atoms with Gasteiger partial charge in [0.15, 0.2) is 0 Å². The molecule has 0 unspecified atom stereocenters. The maximum absolute atomic E-state index is 13.0. The van der Waals surface area contributed by atoms with Crippen LogP contribution < -0.4 is 0 Å². The lowest BCUT2D eigenvalue weighted by atomic mass is 10.0. The van der Waals surface area contributed by atoms with Gasteiger partial charge in [0, 0.05) is 12.2 Å². The molecule has 118 valence electrons. The van der Waals surface area contributed by atoms with E-state index >= 15 is 0 Å². The van der Waals surface area contributed by atoms with Crippen molar-refractivity contribution in [2.45, 2.75) is 31.1 Å². The van der Waals surface area contributed by atoms with Crippen molar-refractivity contribution in [1.29, 1.82) is 0 Å². The second-order valence-corrected chi connectivity index (χ2v) is 5.67. The van der Waals surface area contributed by atoms with E-state index in [1.54, 1.807) is 6.08 Å². The maximum atomic E-state index is 13.0. The average molecular weight is 305 g/mol. The van der Waals surface area contributed by atoms with Crippen molar-refractivity contribution in [2.75, 3.05) is 19.8 Å². The minimum atomic E-state index is -0.343. The molecule has 0 saturated carbocycles.